The third-order valence-corrected chi connectivity index (χ3v) is 2.61. The Morgan fingerprint density at radius 3 is 2.37 bits per heavy atom. The summed E-state index contributed by atoms with van der Waals surface area (Å²) in [5.74, 6) is -0.225. The van der Waals surface area contributed by atoms with E-state index in [0.29, 0.717) is 6.54 Å². The Balaban J connectivity index is 1.94. The molecule has 6 heteroatoms. The summed E-state index contributed by atoms with van der Waals surface area (Å²) in [7, 11) is 1.93. The maximum absolute atomic E-state index is 12.0. The number of ether oxygens (including phenoxy) is 1. The fraction of sp³-hybridized carbons (Fsp3) is 0.231. The van der Waals surface area contributed by atoms with Crippen molar-refractivity contribution in [2.75, 3.05) is 5.32 Å². The van der Waals surface area contributed by atoms with Crippen molar-refractivity contribution in [3.8, 4) is 5.75 Å². The molecule has 0 saturated heterocycles. The Kier molecular flexibility index (Phi) is 3.69. The van der Waals surface area contributed by atoms with Gasteiger partial charge in [0.1, 0.15) is 5.75 Å². The van der Waals surface area contributed by atoms with Crippen LogP contribution in [0.25, 0.3) is 0 Å². The SMILES string of the molecule is Cn1cccc1CNc1ccc(OC(F)(F)F)cc1. The first-order chi connectivity index (χ1) is 8.94. The van der Waals surface area contributed by atoms with E-state index in [1.165, 1.54) is 12.1 Å². The molecule has 0 saturated carbocycles. The van der Waals surface area contributed by atoms with Gasteiger partial charge in [-0.05, 0) is 36.4 Å². The van der Waals surface area contributed by atoms with Gasteiger partial charge >= 0.3 is 6.36 Å². The average Bonchev–Trinajstić information content (AvgIpc) is 2.72. The Morgan fingerprint density at radius 1 is 1.16 bits per heavy atom. The largest absolute Gasteiger partial charge is 0.573 e. The molecule has 0 spiro atoms. The molecule has 0 unspecified atom stereocenters. The molecule has 1 N–H and O–H groups in total. The number of rotatable bonds is 4. The van der Waals surface area contributed by atoms with Crippen LogP contribution in [0.3, 0.4) is 0 Å². The molecule has 2 rings (SSSR count). The maximum atomic E-state index is 12.0. The van der Waals surface area contributed by atoms with E-state index in [-0.39, 0.29) is 5.75 Å². The molecule has 0 radical (unpaired) electrons. The quantitative estimate of drug-likeness (QED) is 0.919. The first kappa shape index (κ1) is 13.3. The molecular formula is C13H13F3N2O. The Morgan fingerprint density at radius 2 is 1.84 bits per heavy atom. The number of anilines is 1. The van der Waals surface area contributed by atoms with Crippen LogP contribution in [0, 0.1) is 0 Å². The predicted molar refractivity (Wildman–Crippen MR) is 65.9 cm³/mol. The normalized spacial score (nSPS) is 11.4. The minimum atomic E-state index is -4.65. The highest BCUT2D eigenvalue weighted by Gasteiger charge is 2.30. The average molecular weight is 270 g/mol. The van der Waals surface area contributed by atoms with Gasteiger partial charge in [-0.1, -0.05) is 0 Å². The zero-order valence-electron chi connectivity index (χ0n) is 10.2. The number of aromatic nitrogens is 1. The third-order valence-electron chi connectivity index (χ3n) is 2.61. The summed E-state index contributed by atoms with van der Waals surface area (Å²) >= 11 is 0. The molecular weight excluding hydrogens is 257 g/mol. The zero-order chi connectivity index (χ0) is 13.9. The first-order valence-electron chi connectivity index (χ1n) is 5.64. The number of aryl methyl sites for hydroxylation is 1. The highest BCUT2D eigenvalue weighted by Crippen LogP contribution is 2.24. The maximum Gasteiger partial charge on any atom is 0.573 e. The van der Waals surface area contributed by atoms with Crippen LogP contribution in [0.1, 0.15) is 5.69 Å². The minimum Gasteiger partial charge on any atom is -0.406 e. The Hall–Kier alpha value is -2.11. The highest BCUT2D eigenvalue weighted by molar-refractivity contribution is 5.46. The summed E-state index contributed by atoms with van der Waals surface area (Å²) in [6.07, 6.45) is -2.73. The van der Waals surface area contributed by atoms with Gasteiger partial charge < -0.3 is 14.6 Å². The van der Waals surface area contributed by atoms with E-state index in [4.69, 9.17) is 0 Å². The molecule has 0 bridgehead atoms. The highest BCUT2D eigenvalue weighted by atomic mass is 19.4. The molecule has 0 fully saturated rings. The summed E-state index contributed by atoms with van der Waals surface area (Å²) in [4.78, 5) is 0. The molecule has 3 nitrogen and oxygen atoms in total. The second-order valence-corrected chi connectivity index (χ2v) is 4.04. The summed E-state index contributed by atoms with van der Waals surface area (Å²) in [6.45, 7) is 0.600. The molecule has 0 aliphatic carbocycles. The van der Waals surface area contributed by atoms with E-state index in [0.717, 1.165) is 11.4 Å². The van der Waals surface area contributed by atoms with Crippen molar-refractivity contribution in [1.29, 1.82) is 0 Å². The lowest BCUT2D eigenvalue weighted by atomic mass is 10.3. The second-order valence-electron chi connectivity index (χ2n) is 4.04. The van der Waals surface area contributed by atoms with E-state index in [1.807, 2.05) is 29.9 Å². The molecule has 2 aromatic rings. The molecule has 1 heterocycles. The number of hydrogen-bond donors (Lipinski definition) is 1. The van der Waals surface area contributed by atoms with Crippen LogP contribution < -0.4 is 10.1 Å². The predicted octanol–water partition coefficient (Wildman–Crippen LogP) is 3.54. The van der Waals surface area contributed by atoms with Crippen LogP contribution in [-0.2, 0) is 13.6 Å². The number of alkyl halides is 3. The summed E-state index contributed by atoms with van der Waals surface area (Å²) in [5, 5.41) is 3.12. The molecule has 1 aromatic carbocycles. The monoisotopic (exact) mass is 270 g/mol. The lowest BCUT2D eigenvalue weighted by Crippen LogP contribution is -2.17. The van der Waals surface area contributed by atoms with Gasteiger partial charge in [-0.2, -0.15) is 0 Å². The van der Waals surface area contributed by atoms with Gasteiger partial charge in [0.2, 0.25) is 0 Å². The fourth-order valence-electron chi connectivity index (χ4n) is 1.65. The zero-order valence-corrected chi connectivity index (χ0v) is 10.2. The van der Waals surface area contributed by atoms with Crippen molar-refractivity contribution in [2.24, 2.45) is 7.05 Å². The summed E-state index contributed by atoms with van der Waals surface area (Å²) < 4.78 is 41.7. The minimum absolute atomic E-state index is 0.225. The van der Waals surface area contributed by atoms with E-state index in [2.05, 4.69) is 10.1 Å². The lowest BCUT2D eigenvalue weighted by molar-refractivity contribution is -0.274. The number of nitrogens with one attached hydrogen (secondary N) is 1. The molecule has 0 atom stereocenters. The third kappa shape index (κ3) is 3.94. The van der Waals surface area contributed by atoms with Crippen molar-refractivity contribution in [3.63, 3.8) is 0 Å². The second kappa shape index (κ2) is 5.26. The molecule has 102 valence electrons. The molecule has 0 aliphatic rings. The number of benzene rings is 1. The fourth-order valence-corrected chi connectivity index (χ4v) is 1.65. The van der Waals surface area contributed by atoms with Crippen molar-refractivity contribution >= 4 is 5.69 Å². The van der Waals surface area contributed by atoms with Gasteiger partial charge in [0.15, 0.2) is 0 Å². The number of hydrogen-bond acceptors (Lipinski definition) is 2. The van der Waals surface area contributed by atoms with Gasteiger partial charge in [0, 0.05) is 24.6 Å². The van der Waals surface area contributed by atoms with E-state index < -0.39 is 6.36 Å². The Bertz CT molecular complexity index is 532. The molecule has 19 heavy (non-hydrogen) atoms. The Labute approximate surface area is 108 Å². The topological polar surface area (TPSA) is 26.2 Å². The van der Waals surface area contributed by atoms with Crippen LogP contribution in [0.15, 0.2) is 42.6 Å². The van der Waals surface area contributed by atoms with Crippen LogP contribution in [0.5, 0.6) is 5.75 Å². The van der Waals surface area contributed by atoms with Gasteiger partial charge in [-0.15, -0.1) is 13.2 Å². The van der Waals surface area contributed by atoms with Crippen molar-refractivity contribution < 1.29 is 17.9 Å². The first-order valence-corrected chi connectivity index (χ1v) is 5.64. The molecule has 0 amide bonds. The van der Waals surface area contributed by atoms with Crippen LogP contribution in [0.4, 0.5) is 18.9 Å². The standard InChI is InChI=1S/C13H13F3N2O/c1-18-8-2-3-11(18)9-17-10-4-6-12(7-5-10)19-13(14,15)16/h2-8,17H,9H2,1H3. The number of nitrogens with zero attached hydrogens (tertiary/aromatic N) is 1. The van der Waals surface area contributed by atoms with Crippen molar-refractivity contribution in [2.45, 2.75) is 12.9 Å². The van der Waals surface area contributed by atoms with Gasteiger partial charge in [-0.3, -0.25) is 0 Å². The number of halogens is 3. The van der Waals surface area contributed by atoms with Gasteiger partial charge in [0.25, 0.3) is 0 Å². The lowest BCUT2D eigenvalue weighted by Gasteiger charge is -2.10. The van der Waals surface area contributed by atoms with E-state index in [1.54, 1.807) is 12.1 Å². The molecule has 1 aromatic heterocycles. The van der Waals surface area contributed by atoms with E-state index in [9.17, 15) is 13.2 Å². The summed E-state index contributed by atoms with van der Waals surface area (Å²) in [5.41, 5.74) is 1.81. The van der Waals surface area contributed by atoms with Crippen molar-refractivity contribution in [3.05, 3.63) is 48.3 Å². The van der Waals surface area contributed by atoms with Crippen LogP contribution >= 0.6 is 0 Å². The van der Waals surface area contributed by atoms with Crippen LogP contribution in [0.2, 0.25) is 0 Å². The van der Waals surface area contributed by atoms with Crippen molar-refractivity contribution in [1.82, 2.24) is 4.57 Å². The van der Waals surface area contributed by atoms with Gasteiger partial charge in [-0.25, -0.2) is 0 Å². The summed E-state index contributed by atoms with van der Waals surface area (Å²) in [6, 6.07) is 9.54. The van der Waals surface area contributed by atoms with Crippen LogP contribution in [-0.4, -0.2) is 10.9 Å². The van der Waals surface area contributed by atoms with E-state index >= 15 is 0 Å². The molecule has 0 aliphatic heterocycles. The van der Waals surface area contributed by atoms with Gasteiger partial charge in [0.05, 0.1) is 6.54 Å². The smallest absolute Gasteiger partial charge is 0.406 e.